The Morgan fingerprint density at radius 2 is 2.16 bits per heavy atom. The number of carboxylic acid groups (broad SMARTS) is 1. The Kier molecular flexibility index (Phi) is 4.50. The quantitative estimate of drug-likeness (QED) is 0.920. The molecule has 1 atom stereocenters. The molecule has 102 valence electrons. The second-order valence-electron chi connectivity index (χ2n) is 3.64. The van der Waals surface area contributed by atoms with Crippen LogP contribution in [-0.2, 0) is 9.84 Å². The van der Waals surface area contributed by atoms with Gasteiger partial charge in [0.1, 0.15) is 4.90 Å². The fraction of sp³-hybridized carbons (Fsp3) is 0.273. The number of sulfone groups is 1. The lowest BCUT2D eigenvalue weighted by molar-refractivity contribution is 0.0691. The van der Waals surface area contributed by atoms with Crippen LogP contribution in [0.5, 0.6) is 0 Å². The summed E-state index contributed by atoms with van der Waals surface area (Å²) < 4.78 is 38.0. The molecule has 0 aliphatic carbocycles. The first-order chi connectivity index (χ1) is 8.75. The van der Waals surface area contributed by atoms with E-state index in [1.807, 2.05) is 0 Å². The number of nitriles is 1. The number of aromatic carboxylic acids is 1. The van der Waals surface area contributed by atoms with Crippen LogP contribution in [0.15, 0.2) is 17.0 Å². The summed E-state index contributed by atoms with van der Waals surface area (Å²) >= 11 is 5.59. The Morgan fingerprint density at radius 3 is 2.58 bits per heavy atom. The highest BCUT2D eigenvalue weighted by Crippen LogP contribution is 2.27. The second kappa shape index (κ2) is 5.55. The van der Waals surface area contributed by atoms with Crippen LogP contribution in [0.4, 0.5) is 4.39 Å². The summed E-state index contributed by atoms with van der Waals surface area (Å²) in [6, 6.07) is 3.16. The number of carboxylic acids is 1. The maximum Gasteiger partial charge on any atom is 0.338 e. The van der Waals surface area contributed by atoms with Crippen LogP contribution in [0.2, 0.25) is 5.02 Å². The second-order valence-corrected chi connectivity index (χ2v) is 6.18. The molecule has 0 spiro atoms. The van der Waals surface area contributed by atoms with Gasteiger partial charge in [0.2, 0.25) is 0 Å². The predicted molar refractivity (Wildman–Crippen MR) is 65.2 cm³/mol. The maximum absolute atomic E-state index is 13.9. The molecule has 1 N–H and O–H groups in total. The van der Waals surface area contributed by atoms with E-state index in [0.29, 0.717) is 0 Å². The topological polar surface area (TPSA) is 95.2 Å². The van der Waals surface area contributed by atoms with Gasteiger partial charge in [-0.15, -0.1) is 0 Å². The van der Waals surface area contributed by atoms with Gasteiger partial charge >= 0.3 is 5.97 Å². The summed E-state index contributed by atoms with van der Waals surface area (Å²) in [5.41, 5.74) is -0.848. The average molecular weight is 306 g/mol. The van der Waals surface area contributed by atoms with Gasteiger partial charge < -0.3 is 5.11 Å². The molecule has 0 saturated carbocycles. The first-order valence-electron chi connectivity index (χ1n) is 5.11. The summed E-state index contributed by atoms with van der Waals surface area (Å²) in [5.74, 6) is -3.05. The minimum absolute atomic E-state index is 0.0484. The van der Waals surface area contributed by atoms with E-state index in [1.165, 1.54) is 6.92 Å². The minimum atomic E-state index is -4.29. The van der Waals surface area contributed by atoms with Gasteiger partial charge in [0.25, 0.3) is 0 Å². The van der Waals surface area contributed by atoms with Gasteiger partial charge in [0, 0.05) is 5.02 Å². The average Bonchev–Trinajstić information content (AvgIpc) is 2.32. The maximum atomic E-state index is 13.9. The fourth-order valence-corrected chi connectivity index (χ4v) is 3.28. The third-order valence-electron chi connectivity index (χ3n) is 2.43. The van der Waals surface area contributed by atoms with Crippen molar-refractivity contribution in [1.29, 1.82) is 5.26 Å². The van der Waals surface area contributed by atoms with E-state index in [1.54, 1.807) is 6.07 Å². The van der Waals surface area contributed by atoms with Crippen LogP contribution >= 0.6 is 11.6 Å². The van der Waals surface area contributed by atoms with Crippen molar-refractivity contribution < 1.29 is 22.7 Å². The standard InChI is InChI=1S/C11H9ClFNO4S/c1-2-7(5-14)19(17,18)9-4-6(12)3-8(10(9)13)11(15)16/h3-4,7H,2H2,1H3,(H,15,16). The van der Waals surface area contributed by atoms with Crippen LogP contribution in [0, 0.1) is 17.1 Å². The summed E-state index contributed by atoms with van der Waals surface area (Å²) in [5, 5.41) is 15.8. The lowest BCUT2D eigenvalue weighted by Crippen LogP contribution is -2.21. The number of halogens is 2. The van der Waals surface area contributed by atoms with Gasteiger partial charge in [-0.3, -0.25) is 0 Å². The van der Waals surface area contributed by atoms with E-state index in [4.69, 9.17) is 22.0 Å². The third kappa shape index (κ3) is 2.85. The number of nitrogens with zero attached hydrogens (tertiary/aromatic N) is 1. The van der Waals surface area contributed by atoms with E-state index in [9.17, 15) is 17.6 Å². The van der Waals surface area contributed by atoms with Crippen molar-refractivity contribution in [3.8, 4) is 6.07 Å². The van der Waals surface area contributed by atoms with E-state index in [-0.39, 0.29) is 11.4 Å². The van der Waals surface area contributed by atoms with Gasteiger partial charge in [-0.25, -0.2) is 17.6 Å². The van der Waals surface area contributed by atoms with Crippen LogP contribution in [0.3, 0.4) is 0 Å². The molecule has 1 aromatic rings. The summed E-state index contributed by atoms with van der Waals surface area (Å²) in [6.07, 6.45) is -0.0484. The molecule has 5 nitrogen and oxygen atoms in total. The SMILES string of the molecule is CCC(C#N)S(=O)(=O)c1cc(Cl)cc(C(=O)O)c1F. The van der Waals surface area contributed by atoms with Gasteiger partial charge in [-0.1, -0.05) is 18.5 Å². The van der Waals surface area contributed by atoms with Gasteiger partial charge in [0.15, 0.2) is 20.9 Å². The predicted octanol–water partition coefficient (Wildman–Crippen LogP) is 2.25. The first-order valence-corrected chi connectivity index (χ1v) is 7.04. The molecule has 1 rings (SSSR count). The van der Waals surface area contributed by atoms with Crippen molar-refractivity contribution in [2.45, 2.75) is 23.5 Å². The zero-order valence-electron chi connectivity index (χ0n) is 9.72. The molecule has 0 amide bonds. The zero-order chi connectivity index (χ0) is 14.8. The van der Waals surface area contributed by atoms with E-state index >= 15 is 0 Å². The third-order valence-corrected chi connectivity index (χ3v) is 4.75. The minimum Gasteiger partial charge on any atom is -0.478 e. The Bertz CT molecular complexity index is 666. The Balaban J connectivity index is 3.61. The molecule has 0 bridgehead atoms. The normalized spacial score (nSPS) is 12.7. The largest absolute Gasteiger partial charge is 0.478 e. The molecular formula is C11H9ClFNO4S. The van der Waals surface area contributed by atoms with Crippen molar-refractivity contribution in [2.75, 3.05) is 0 Å². The molecule has 0 aromatic heterocycles. The molecule has 0 radical (unpaired) electrons. The number of hydrogen-bond donors (Lipinski definition) is 1. The molecule has 0 aliphatic heterocycles. The highest BCUT2D eigenvalue weighted by atomic mass is 35.5. The molecule has 0 heterocycles. The van der Waals surface area contributed by atoms with Gasteiger partial charge in [0.05, 0.1) is 11.6 Å². The van der Waals surface area contributed by atoms with Crippen LogP contribution < -0.4 is 0 Å². The molecule has 8 heteroatoms. The van der Waals surface area contributed by atoms with Crippen molar-refractivity contribution >= 4 is 27.4 Å². The molecule has 1 unspecified atom stereocenters. The molecule has 1 aromatic carbocycles. The monoisotopic (exact) mass is 305 g/mol. The smallest absolute Gasteiger partial charge is 0.338 e. The number of rotatable bonds is 4. The van der Waals surface area contributed by atoms with E-state index in [0.717, 1.165) is 12.1 Å². The molecular weight excluding hydrogens is 297 g/mol. The number of carbonyl (C=O) groups is 1. The van der Waals surface area contributed by atoms with E-state index < -0.39 is 37.3 Å². The van der Waals surface area contributed by atoms with Crippen LogP contribution in [-0.4, -0.2) is 24.7 Å². The van der Waals surface area contributed by atoms with Crippen LogP contribution in [0.25, 0.3) is 0 Å². The summed E-state index contributed by atoms with van der Waals surface area (Å²) in [6.45, 7) is 1.45. The summed E-state index contributed by atoms with van der Waals surface area (Å²) in [7, 11) is -4.29. The molecule has 0 saturated heterocycles. The number of benzene rings is 1. The highest BCUT2D eigenvalue weighted by Gasteiger charge is 2.31. The molecule has 0 fully saturated rings. The zero-order valence-corrected chi connectivity index (χ0v) is 11.3. The Labute approximate surface area is 114 Å². The van der Waals surface area contributed by atoms with E-state index in [2.05, 4.69) is 0 Å². The van der Waals surface area contributed by atoms with Crippen molar-refractivity contribution in [3.63, 3.8) is 0 Å². The summed E-state index contributed by atoms with van der Waals surface area (Å²) in [4.78, 5) is 9.93. The van der Waals surface area contributed by atoms with Gasteiger partial charge in [-0.2, -0.15) is 5.26 Å². The van der Waals surface area contributed by atoms with Crippen molar-refractivity contribution in [2.24, 2.45) is 0 Å². The fourth-order valence-electron chi connectivity index (χ4n) is 1.46. The lowest BCUT2D eigenvalue weighted by atomic mass is 10.2. The lowest BCUT2D eigenvalue weighted by Gasteiger charge is -2.11. The van der Waals surface area contributed by atoms with Crippen molar-refractivity contribution in [3.05, 3.63) is 28.5 Å². The molecule has 19 heavy (non-hydrogen) atoms. The first kappa shape index (κ1) is 15.4. The number of hydrogen-bond acceptors (Lipinski definition) is 4. The Hall–Kier alpha value is -1.65. The van der Waals surface area contributed by atoms with Crippen LogP contribution in [0.1, 0.15) is 23.7 Å². The van der Waals surface area contributed by atoms with Crippen molar-refractivity contribution in [1.82, 2.24) is 0 Å². The molecule has 0 aliphatic rings. The highest BCUT2D eigenvalue weighted by molar-refractivity contribution is 7.92. The Morgan fingerprint density at radius 1 is 1.58 bits per heavy atom. The van der Waals surface area contributed by atoms with Gasteiger partial charge in [-0.05, 0) is 18.6 Å².